The number of halogens is 3. The number of alkyl halides is 3. The third kappa shape index (κ3) is 4.70. The molecule has 1 heterocycles. The standard InChI is InChI=1S/C17H23F3N2O2/c1-12(9-13-3-2-4-14(10-13)17(18,19)20)22-11-16(15(21)23)5-7-24-8-6-16/h2-4,10,12,22H,5-9,11H2,1H3,(H2,21,23)/t12-/m0/s1. The molecular formula is C17H23F3N2O2. The monoisotopic (exact) mass is 344 g/mol. The van der Waals surface area contributed by atoms with Crippen LogP contribution in [-0.4, -0.2) is 31.7 Å². The van der Waals surface area contributed by atoms with Crippen LogP contribution in [0.3, 0.4) is 0 Å². The number of nitrogens with one attached hydrogen (secondary N) is 1. The maximum Gasteiger partial charge on any atom is 0.416 e. The van der Waals surface area contributed by atoms with E-state index >= 15 is 0 Å². The first-order valence-electron chi connectivity index (χ1n) is 8.00. The molecule has 1 aliphatic heterocycles. The summed E-state index contributed by atoms with van der Waals surface area (Å²) in [5.41, 5.74) is 4.86. The number of nitrogens with two attached hydrogens (primary N) is 1. The molecule has 134 valence electrons. The highest BCUT2D eigenvalue weighted by molar-refractivity contribution is 5.81. The van der Waals surface area contributed by atoms with Crippen molar-refractivity contribution in [2.75, 3.05) is 19.8 Å². The molecule has 1 amide bonds. The van der Waals surface area contributed by atoms with Crippen molar-refractivity contribution in [2.24, 2.45) is 11.1 Å². The number of rotatable bonds is 6. The molecule has 0 unspecified atom stereocenters. The lowest BCUT2D eigenvalue weighted by Crippen LogP contribution is -2.50. The summed E-state index contributed by atoms with van der Waals surface area (Å²) in [5.74, 6) is -0.357. The Labute approximate surface area is 139 Å². The second-order valence-corrected chi connectivity index (χ2v) is 6.44. The molecule has 1 aromatic rings. The van der Waals surface area contributed by atoms with Crippen molar-refractivity contribution in [1.82, 2.24) is 5.32 Å². The average molecular weight is 344 g/mol. The van der Waals surface area contributed by atoms with Gasteiger partial charge in [-0.15, -0.1) is 0 Å². The van der Waals surface area contributed by atoms with E-state index in [2.05, 4.69) is 5.32 Å². The molecule has 0 aliphatic carbocycles. The van der Waals surface area contributed by atoms with Crippen LogP contribution in [0.25, 0.3) is 0 Å². The summed E-state index contributed by atoms with van der Waals surface area (Å²) in [4.78, 5) is 11.8. The van der Waals surface area contributed by atoms with Crippen molar-refractivity contribution in [2.45, 2.75) is 38.4 Å². The molecule has 7 heteroatoms. The Morgan fingerprint density at radius 3 is 2.62 bits per heavy atom. The van der Waals surface area contributed by atoms with Crippen molar-refractivity contribution in [3.63, 3.8) is 0 Å². The van der Waals surface area contributed by atoms with E-state index in [9.17, 15) is 18.0 Å². The van der Waals surface area contributed by atoms with Crippen LogP contribution in [0.1, 0.15) is 30.9 Å². The number of amides is 1. The molecule has 0 bridgehead atoms. The maximum atomic E-state index is 12.8. The Morgan fingerprint density at radius 1 is 1.38 bits per heavy atom. The zero-order valence-corrected chi connectivity index (χ0v) is 13.7. The topological polar surface area (TPSA) is 64.3 Å². The van der Waals surface area contributed by atoms with Gasteiger partial charge in [0, 0.05) is 25.8 Å². The lowest BCUT2D eigenvalue weighted by Gasteiger charge is -2.35. The summed E-state index contributed by atoms with van der Waals surface area (Å²) < 4.78 is 43.6. The van der Waals surface area contributed by atoms with E-state index in [1.807, 2.05) is 6.92 Å². The number of hydrogen-bond acceptors (Lipinski definition) is 3. The fourth-order valence-corrected chi connectivity index (χ4v) is 2.94. The zero-order valence-electron chi connectivity index (χ0n) is 13.7. The molecule has 1 atom stereocenters. The molecule has 1 aromatic carbocycles. The fourth-order valence-electron chi connectivity index (χ4n) is 2.94. The van der Waals surface area contributed by atoms with E-state index < -0.39 is 17.2 Å². The third-order valence-electron chi connectivity index (χ3n) is 4.56. The van der Waals surface area contributed by atoms with Crippen molar-refractivity contribution >= 4 is 5.91 Å². The van der Waals surface area contributed by atoms with Crippen molar-refractivity contribution in [3.05, 3.63) is 35.4 Å². The second-order valence-electron chi connectivity index (χ2n) is 6.44. The van der Waals surface area contributed by atoms with Crippen molar-refractivity contribution in [3.8, 4) is 0 Å². The molecule has 0 spiro atoms. The smallest absolute Gasteiger partial charge is 0.381 e. The van der Waals surface area contributed by atoms with Crippen LogP contribution >= 0.6 is 0 Å². The van der Waals surface area contributed by atoms with Gasteiger partial charge in [-0.2, -0.15) is 13.2 Å². The van der Waals surface area contributed by atoms with Gasteiger partial charge in [0.2, 0.25) is 5.91 Å². The largest absolute Gasteiger partial charge is 0.416 e. The van der Waals surface area contributed by atoms with E-state index in [0.717, 1.165) is 12.1 Å². The van der Waals surface area contributed by atoms with Crippen LogP contribution in [0.2, 0.25) is 0 Å². The van der Waals surface area contributed by atoms with Crippen LogP contribution in [0.15, 0.2) is 24.3 Å². The van der Waals surface area contributed by atoms with Crippen LogP contribution < -0.4 is 11.1 Å². The molecule has 3 N–H and O–H groups in total. The summed E-state index contributed by atoms with van der Waals surface area (Å²) in [6.07, 6.45) is -2.78. The lowest BCUT2D eigenvalue weighted by atomic mass is 9.79. The van der Waals surface area contributed by atoms with E-state index in [0.29, 0.717) is 44.6 Å². The lowest BCUT2D eigenvalue weighted by molar-refractivity contribution is -0.137. The highest BCUT2D eigenvalue weighted by Crippen LogP contribution is 2.31. The Balaban J connectivity index is 1.95. The Hall–Kier alpha value is -1.60. The molecular weight excluding hydrogens is 321 g/mol. The van der Waals surface area contributed by atoms with Gasteiger partial charge in [0.1, 0.15) is 0 Å². The number of ether oxygens (including phenoxy) is 1. The first-order valence-corrected chi connectivity index (χ1v) is 8.00. The molecule has 4 nitrogen and oxygen atoms in total. The normalized spacial score (nSPS) is 19.0. The van der Waals surface area contributed by atoms with Gasteiger partial charge in [0.25, 0.3) is 0 Å². The molecule has 0 aromatic heterocycles. The molecule has 2 rings (SSSR count). The first-order chi connectivity index (χ1) is 11.2. The Morgan fingerprint density at radius 2 is 2.04 bits per heavy atom. The number of hydrogen-bond donors (Lipinski definition) is 2. The van der Waals surface area contributed by atoms with Crippen LogP contribution in [0.4, 0.5) is 13.2 Å². The molecule has 0 radical (unpaired) electrons. The Kier molecular flexibility index (Phi) is 5.87. The molecule has 0 saturated carbocycles. The predicted molar refractivity (Wildman–Crippen MR) is 84.3 cm³/mol. The van der Waals surface area contributed by atoms with Gasteiger partial charge >= 0.3 is 6.18 Å². The molecule has 24 heavy (non-hydrogen) atoms. The molecule has 1 aliphatic rings. The zero-order chi connectivity index (χ0) is 17.8. The SMILES string of the molecule is C[C@@H](Cc1cccc(C(F)(F)F)c1)NCC1(C(N)=O)CCOCC1. The maximum absolute atomic E-state index is 12.8. The summed E-state index contributed by atoms with van der Waals surface area (Å²) >= 11 is 0. The van der Waals surface area contributed by atoms with Gasteiger partial charge in [0.05, 0.1) is 11.0 Å². The van der Waals surface area contributed by atoms with E-state index in [4.69, 9.17) is 10.5 Å². The number of primary amides is 1. The van der Waals surface area contributed by atoms with E-state index in [-0.39, 0.29) is 11.9 Å². The predicted octanol–water partition coefficient (Wildman–Crippen LogP) is 2.51. The van der Waals surface area contributed by atoms with Gasteiger partial charge in [-0.25, -0.2) is 0 Å². The minimum Gasteiger partial charge on any atom is -0.381 e. The minimum absolute atomic E-state index is 0.0763. The fraction of sp³-hybridized carbons (Fsp3) is 0.588. The van der Waals surface area contributed by atoms with Gasteiger partial charge in [-0.05, 0) is 37.8 Å². The van der Waals surface area contributed by atoms with Crippen molar-refractivity contribution < 1.29 is 22.7 Å². The van der Waals surface area contributed by atoms with E-state index in [1.54, 1.807) is 6.07 Å². The highest BCUT2D eigenvalue weighted by atomic mass is 19.4. The number of benzene rings is 1. The molecule has 1 saturated heterocycles. The first kappa shape index (κ1) is 18.7. The Bertz CT molecular complexity index is 569. The minimum atomic E-state index is -4.34. The van der Waals surface area contributed by atoms with Gasteiger partial charge in [-0.1, -0.05) is 18.2 Å². The van der Waals surface area contributed by atoms with E-state index in [1.165, 1.54) is 6.07 Å². The molecule has 1 fully saturated rings. The second kappa shape index (κ2) is 7.53. The van der Waals surface area contributed by atoms with Crippen LogP contribution in [-0.2, 0) is 22.1 Å². The van der Waals surface area contributed by atoms with Gasteiger partial charge < -0.3 is 15.8 Å². The van der Waals surface area contributed by atoms with Crippen molar-refractivity contribution in [1.29, 1.82) is 0 Å². The summed E-state index contributed by atoms with van der Waals surface area (Å²) in [5, 5.41) is 3.24. The summed E-state index contributed by atoms with van der Waals surface area (Å²) in [6, 6.07) is 5.23. The number of carbonyl (C=O) groups is 1. The average Bonchev–Trinajstić information content (AvgIpc) is 2.53. The number of carbonyl (C=O) groups excluding carboxylic acids is 1. The quantitative estimate of drug-likeness (QED) is 0.833. The van der Waals surface area contributed by atoms with Gasteiger partial charge in [-0.3, -0.25) is 4.79 Å². The van der Waals surface area contributed by atoms with Crippen LogP contribution in [0, 0.1) is 5.41 Å². The van der Waals surface area contributed by atoms with Gasteiger partial charge in [0.15, 0.2) is 0 Å². The third-order valence-corrected chi connectivity index (χ3v) is 4.56. The highest BCUT2D eigenvalue weighted by Gasteiger charge is 2.38. The summed E-state index contributed by atoms with van der Waals surface area (Å²) in [6.45, 7) is 3.28. The van der Waals surface area contributed by atoms with Crippen LogP contribution in [0.5, 0.6) is 0 Å². The summed E-state index contributed by atoms with van der Waals surface area (Å²) in [7, 11) is 0.